The maximum absolute atomic E-state index is 11.0. The normalized spacial score (nSPS) is 34.9. The van der Waals surface area contributed by atoms with Gasteiger partial charge in [0.25, 0.3) is 0 Å². The minimum Gasteiger partial charge on any atom is -0.462 e. The van der Waals surface area contributed by atoms with Crippen LogP contribution in [0.5, 0.6) is 0 Å². The smallest absolute Gasteiger partial charge is 0.306 e. The first-order valence-corrected chi connectivity index (χ1v) is 8.69. The van der Waals surface area contributed by atoms with Crippen LogP contribution in [0.2, 0.25) is 0 Å². The quantitative estimate of drug-likeness (QED) is 0.367. The lowest BCUT2D eigenvalue weighted by atomic mass is 9.88. The molecule has 2 aliphatic carbocycles. The highest BCUT2D eigenvalue weighted by Crippen LogP contribution is 2.45. The zero-order valence-corrected chi connectivity index (χ0v) is 12.6. The van der Waals surface area contributed by atoms with Crippen molar-refractivity contribution in [3.8, 4) is 0 Å². The first-order valence-electron chi connectivity index (χ1n) is 8.69. The Balaban J connectivity index is 1.16. The summed E-state index contributed by atoms with van der Waals surface area (Å²) in [6.07, 6.45) is 18.9. The number of hydrogen-bond acceptors (Lipinski definition) is 2. The molecule has 2 heteroatoms. The summed E-state index contributed by atoms with van der Waals surface area (Å²) in [7, 11) is 0. The van der Waals surface area contributed by atoms with Crippen molar-refractivity contribution in [1.82, 2.24) is 0 Å². The summed E-state index contributed by atoms with van der Waals surface area (Å²) in [4.78, 5) is 11.0. The summed E-state index contributed by atoms with van der Waals surface area (Å²) in [5.74, 6) is 2.87. The fourth-order valence-corrected chi connectivity index (χ4v) is 4.32. The van der Waals surface area contributed by atoms with Crippen LogP contribution in [0.3, 0.4) is 0 Å². The molecule has 1 saturated heterocycles. The van der Waals surface area contributed by atoms with Crippen LogP contribution in [0, 0.1) is 17.8 Å². The van der Waals surface area contributed by atoms with Crippen LogP contribution in [0.4, 0.5) is 0 Å². The molecule has 3 rings (SSSR count). The molecule has 0 spiro atoms. The molecule has 4 atom stereocenters. The summed E-state index contributed by atoms with van der Waals surface area (Å²) in [6.45, 7) is 0. The molecular formula is C18H28O2. The topological polar surface area (TPSA) is 26.3 Å². The standard InChI is InChI=1S/C18H28O2/c19-18-11-10-17(20-18)7-5-3-1-2-4-6-15-12-14-8-9-16(15)13-14/h8-9,14-17H,1-7,10-13H2. The van der Waals surface area contributed by atoms with Crippen LogP contribution in [0.15, 0.2) is 12.2 Å². The zero-order chi connectivity index (χ0) is 13.8. The lowest BCUT2D eigenvalue weighted by Gasteiger charge is -2.17. The molecule has 1 heterocycles. The third-order valence-corrected chi connectivity index (χ3v) is 5.49. The first kappa shape index (κ1) is 14.2. The summed E-state index contributed by atoms with van der Waals surface area (Å²) in [5, 5.41) is 0. The fraction of sp³-hybridized carbons (Fsp3) is 0.833. The van der Waals surface area contributed by atoms with Crippen molar-refractivity contribution in [2.45, 2.75) is 76.7 Å². The molecule has 3 aliphatic rings. The molecule has 0 aromatic rings. The number of ether oxygens (including phenoxy) is 1. The molecule has 0 radical (unpaired) electrons. The summed E-state index contributed by atoms with van der Waals surface area (Å²) in [5.41, 5.74) is 0. The average Bonchev–Trinajstić information content (AvgIpc) is 3.14. The molecule has 2 nitrogen and oxygen atoms in total. The second-order valence-corrected chi connectivity index (χ2v) is 7.04. The van der Waals surface area contributed by atoms with Crippen LogP contribution in [0.1, 0.15) is 70.6 Å². The van der Waals surface area contributed by atoms with E-state index in [0.717, 1.165) is 30.6 Å². The van der Waals surface area contributed by atoms with Gasteiger partial charge in [-0.3, -0.25) is 4.79 Å². The maximum atomic E-state index is 11.0. The lowest BCUT2D eigenvalue weighted by Crippen LogP contribution is -2.07. The van der Waals surface area contributed by atoms with Gasteiger partial charge in [0.05, 0.1) is 0 Å². The Morgan fingerprint density at radius 1 is 1.00 bits per heavy atom. The molecule has 4 unspecified atom stereocenters. The number of carbonyl (C=O) groups excluding carboxylic acids is 1. The van der Waals surface area contributed by atoms with E-state index in [1.807, 2.05) is 0 Å². The van der Waals surface area contributed by atoms with E-state index in [-0.39, 0.29) is 12.1 Å². The molecule has 112 valence electrons. The van der Waals surface area contributed by atoms with Crippen LogP contribution in [-0.4, -0.2) is 12.1 Å². The Morgan fingerprint density at radius 2 is 1.80 bits per heavy atom. The van der Waals surface area contributed by atoms with Crippen LogP contribution >= 0.6 is 0 Å². The maximum Gasteiger partial charge on any atom is 0.306 e. The van der Waals surface area contributed by atoms with Crippen molar-refractivity contribution in [2.75, 3.05) is 0 Å². The highest BCUT2D eigenvalue weighted by atomic mass is 16.5. The van der Waals surface area contributed by atoms with Gasteiger partial charge in [-0.1, -0.05) is 37.8 Å². The zero-order valence-electron chi connectivity index (χ0n) is 12.6. The average molecular weight is 276 g/mol. The van der Waals surface area contributed by atoms with Gasteiger partial charge in [0.1, 0.15) is 6.10 Å². The molecule has 1 aliphatic heterocycles. The Morgan fingerprint density at radius 3 is 2.45 bits per heavy atom. The molecule has 2 fully saturated rings. The predicted molar refractivity (Wildman–Crippen MR) is 80.3 cm³/mol. The van der Waals surface area contributed by atoms with E-state index < -0.39 is 0 Å². The van der Waals surface area contributed by atoms with Crippen LogP contribution in [-0.2, 0) is 9.53 Å². The van der Waals surface area contributed by atoms with Crippen molar-refractivity contribution >= 4 is 5.97 Å². The third-order valence-electron chi connectivity index (χ3n) is 5.49. The lowest BCUT2D eigenvalue weighted by molar-refractivity contribution is -0.141. The van der Waals surface area contributed by atoms with Gasteiger partial charge in [-0.2, -0.15) is 0 Å². The fourth-order valence-electron chi connectivity index (χ4n) is 4.32. The van der Waals surface area contributed by atoms with Gasteiger partial charge in [0.2, 0.25) is 0 Å². The van der Waals surface area contributed by atoms with Gasteiger partial charge in [0.15, 0.2) is 0 Å². The summed E-state index contributed by atoms with van der Waals surface area (Å²) < 4.78 is 5.24. The SMILES string of the molecule is O=C1CCC(CCCCCCCC2CC3C=CC2C3)O1. The molecule has 0 N–H and O–H groups in total. The second kappa shape index (κ2) is 6.78. The summed E-state index contributed by atoms with van der Waals surface area (Å²) in [6, 6.07) is 0. The van der Waals surface area contributed by atoms with E-state index in [0.29, 0.717) is 6.42 Å². The van der Waals surface area contributed by atoms with E-state index in [1.165, 1.54) is 51.4 Å². The van der Waals surface area contributed by atoms with E-state index in [9.17, 15) is 4.79 Å². The van der Waals surface area contributed by atoms with E-state index in [1.54, 1.807) is 0 Å². The minimum absolute atomic E-state index is 0.00918. The number of fused-ring (bicyclic) bond motifs is 2. The van der Waals surface area contributed by atoms with Crippen molar-refractivity contribution < 1.29 is 9.53 Å². The largest absolute Gasteiger partial charge is 0.462 e. The van der Waals surface area contributed by atoms with Gasteiger partial charge < -0.3 is 4.74 Å². The molecule has 0 aromatic heterocycles. The number of cyclic esters (lactones) is 1. The molecule has 0 aromatic carbocycles. The molecule has 20 heavy (non-hydrogen) atoms. The van der Waals surface area contributed by atoms with Gasteiger partial charge in [-0.25, -0.2) is 0 Å². The summed E-state index contributed by atoms with van der Waals surface area (Å²) >= 11 is 0. The van der Waals surface area contributed by atoms with E-state index in [4.69, 9.17) is 4.74 Å². The van der Waals surface area contributed by atoms with E-state index in [2.05, 4.69) is 12.2 Å². The van der Waals surface area contributed by atoms with Crippen LogP contribution in [0.25, 0.3) is 0 Å². The van der Waals surface area contributed by atoms with Gasteiger partial charge in [0, 0.05) is 6.42 Å². The van der Waals surface area contributed by atoms with Crippen molar-refractivity contribution in [2.24, 2.45) is 17.8 Å². The van der Waals surface area contributed by atoms with Crippen molar-refractivity contribution in [3.05, 3.63) is 12.2 Å². The number of hydrogen-bond donors (Lipinski definition) is 0. The van der Waals surface area contributed by atoms with Gasteiger partial charge in [-0.15, -0.1) is 0 Å². The Labute approximate surface area is 123 Å². The molecule has 0 amide bonds. The monoisotopic (exact) mass is 276 g/mol. The van der Waals surface area contributed by atoms with Crippen LogP contribution < -0.4 is 0 Å². The van der Waals surface area contributed by atoms with Crippen molar-refractivity contribution in [3.63, 3.8) is 0 Å². The number of carbonyl (C=O) groups is 1. The molecule has 2 bridgehead atoms. The second-order valence-electron chi connectivity index (χ2n) is 7.04. The Hall–Kier alpha value is -0.790. The number of rotatable bonds is 8. The van der Waals surface area contributed by atoms with Crippen molar-refractivity contribution in [1.29, 1.82) is 0 Å². The Kier molecular flexibility index (Phi) is 4.80. The molecule has 1 saturated carbocycles. The number of allylic oxidation sites excluding steroid dienone is 2. The third kappa shape index (κ3) is 3.65. The minimum atomic E-state index is 0.00918. The highest BCUT2D eigenvalue weighted by Gasteiger charge is 2.34. The van der Waals surface area contributed by atoms with Gasteiger partial charge in [-0.05, 0) is 56.3 Å². The Bertz CT molecular complexity index is 360. The van der Waals surface area contributed by atoms with Gasteiger partial charge >= 0.3 is 5.97 Å². The number of esters is 1. The number of unbranched alkanes of at least 4 members (excludes halogenated alkanes) is 4. The molecular weight excluding hydrogens is 248 g/mol. The first-order chi connectivity index (χ1) is 9.81. The van der Waals surface area contributed by atoms with E-state index >= 15 is 0 Å². The predicted octanol–water partition coefficient (Wildman–Crippen LogP) is 4.63. The highest BCUT2D eigenvalue weighted by molar-refractivity contribution is 5.71.